The molecule has 0 aromatic heterocycles. The van der Waals surface area contributed by atoms with Gasteiger partial charge in [0.1, 0.15) is 11.5 Å². The van der Waals surface area contributed by atoms with Crippen molar-refractivity contribution in [2.45, 2.75) is 6.42 Å². The first-order chi connectivity index (χ1) is 10.1. The lowest BCUT2D eigenvalue weighted by Gasteiger charge is -2.11. The van der Waals surface area contributed by atoms with Crippen molar-refractivity contribution in [2.75, 3.05) is 34.4 Å². The Kier molecular flexibility index (Phi) is 6.86. The summed E-state index contributed by atoms with van der Waals surface area (Å²) in [5.74, 6) is 1.17. The fourth-order valence-corrected chi connectivity index (χ4v) is 1.70. The highest BCUT2D eigenvalue weighted by atomic mass is 16.5. The molecule has 0 atom stereocenters. The van der Waals surface area contributed by atoms with Gasteiger partial charge in [0.15, 0.2) is 0 Å². The summed E-state index contributed by atoms with van der Waals surface area (Å²) in [5.41, 5.74) is 0.929. The van der Waals surface area contributed by atoms with Gasteiger partial charge in [-0.05, 0) is 30.2 Å². The van der Waals surface area contributed by atoms with Crippen molar-refractivity contribution < 1.29 is 23.8 Å². The number of nitrogens with one attached hydrogen (secondary N) is 2. The molecule has 0 radical (unpaired) electrons. The summed E-state index contributed by atoms with van der Waals surface area (Å²) in [6, 6.07) is 5.48. The van der Waals surface area contributed by atoms with Crippen LogP contribution in [0, 0.1) is 0 Å². The van der Waals surface area contributed by atoms with Crippen LogP contribution >= 0.6 is 0 Å². The van der Waals surface area contributed by atoms with Gasteiger partial charge in [-0.25, -0.2) is 4.79 Å². The number of hydrogen-bond donors (Lipinski definition) is 2. The van der Waals surface area contributed by atoms with Crippen molar-refractivity contribution in [2.24, 2.45) is 0 Å². The summed E-state index contributed by atoms with van der Waals surface area (Å²) in [7, 11) is 4.42. The molecule has 0 unspecified atom stereocenters. The number of methoxy groups -OCH3 is 3. The predicted molar refractivity (Wildman–Crippen MR) is 76.7 cm³/mol. The standard InChI is InChI=1S/C14H20N2O5/c1-19-11-4-5-12(20-2)10(8-11)6-7-15-13(17)9-16-14(18)21-3/h4-5,8H,6-7,9H2,1-3H3,(H,15,17)(H,16,18). The normalized spacial score (nSPS) is 9.67. The van der Waals surface area contributed by atoms with Gasteiger partial charge < -0.3 is 24.8 Å². The molecule has 1 aromatic rings. The molecule has 0 aliphatic heterocycles. The van der Waals surface area contributed by atoms with E-state index < -0.39 is 6.09 Å². The molecule has 0 aliphatic rings. The minimum absolute atomic E-state index is 0.123. The lowest BCUT2D eigenvalue weighted by molar-refractivity contribution is -0.120. The average Bonchev–Trinajstić information content (AvgIpc) is 2.52. The molecule has 0 aliphatic carbocycles. The molecule has 0 bridgehead atoms. The molecule has 2 N–H and O–H groups in total. The number of benzene rings is 1. The monoisotopic (exact) mass is 296 g/mol. The molecule has 1 aromatic carbocycles. The molecule has 0 saturated heterocycles. The summed E-state index contributed by atoms with van der Waals surface area (Å²) in [4.78, 5) is 22.3. The van der Waals surface area contributed by atoms with E-state index in [0.717, 1.165) is 17.1 Å². The highest BCUT2D eigenvalue weighted by molar-refractivity contribution is 5.82. The Labute approximate surface area is 123 Å². The molecule has 0 spiro atoms. The van der Waals surface area contributed by atoms with Gasteiger partial charge in [-0.3, -0.25) is 4.79 Å². The van der Waals surface area contributed by atoms with Crippen LogP contribution in [-0.4, -0.2) is 46.4 Å². The van der Waals surface area contributed by atoms with Gasteiger partial charge >= 0.3 is 6.09 Å². The van der Waals surface area contributed by atoms with Gasteiger partial charge in [-0.1, -0.05) is 0 Å². The first kappa shape index (κ1) is 16.6. The van der Waals surface area contributed by atoms with Crippen LogP contribution in [0.3, 0.4) is 0 Å². The summed E-state index contributed by atoms with van der Waals surface area (Å²) in [6.07, 6.45) is -0.0516. The van der Waals surface area contributed by atoms with E-state index in [1.54, 1.807) is 20.3 Å². The Morgan fingerprint density at radius 1 is 1.10 bits per heavy atom. The zero-order chi connectivity index (χ0) is 15.7. The van der Waals surface area contributed by atoms with Crippen molar-refractivity contribution >= 4 is 12.0 Å². The SMILES string of the molecule is COC(=O)NCC(=O)NCCc1cc(OC)ccc1OC. The zero-order valence-corrected chi connectivity index (χ0v) is 12.4. The van der Waals surface area contributed by atoms with E-state index >= 15 is 0 Å². The Balaban J connectivity index is 2.44. The number of rotatable bonds is 7. The van der Waals surface area contributed by atoms with E-state index in [9.17, 15) is 9.59 Å². The molecule has 116 valence electrons. The van der Waals surface area contributed by atoms with Crippen molar-refractivity contribution in [3.8, 4) is 11.5 Å². The molecular formula is C14H20N2O5. The number of ether oxygens (including phenoxy) is 3. The van der Waals surface area contributed by atoms with Crippen molar-refractivity contribution in [1.29, 1.82) is 0 Å². The third-order valence-electron chi connectivity index (χ3n) is 2.78. The van der Waals surface area contributed by atoms with Crippen LogP contribution in [-0.2, 0) is 16.0 Å². The van der Waals surface area contributed by atoms with E-state index in [0.29, 0.717) is 13.0 Å². The number of carbonyl (C=O) groups is 2. The molecule has 7 heteroatoms. The molecule has 7 nitrogen and oxygen atoms in total. The van der Waals surface area contributed by atoms with Crippen LogP contribution in [0.4, 0.5) is 4.79 Å². The van der Waals surface area contributed by atoms with Crippen LogP contribution in [0.2, 0.25) is 0 Å². The lowest BCUT2D eigenvalue weighted by atomic mass is 10.1. The molecule has 0 saturated carbocycles. The third kappa shape index (κ3) is 5.60. The Morgan fingerprint density at radius 3 is 2.48 bits per heavy atom. The molecule has 0 fully saturated rings. The third-order valence-corrected chi connectivity index (χ3v) is 2.78. The minimum Gasteiger partial charge on any atom is -0.497 e. The summed E-state index contributed by atoms with van der Waals surface area (Å²) < 4.78 is 14.8. The van der Waals surface area contributed by atoms with Crippen LogP contribution in [0.5, 0.6) is 11.5 Å². The molecule has 21 heavy (non-hydrogen) atoms. The number of amides is 2. The number of alkyl carbamates (subject to hydrolysis) is 1. The van der Waals surface area contributed by atoms with Gasteiger partial charge in [0, 0.05) is 6.54 Å². The fraction of sp³-hybridized carbons (Fsp3) is 0.429. The van der Waals surface area contributed by atoms with Gasteiger partial charge in [0.2, 0.25) is 5.91 Å². The molecule has 2 amide bonds. The number of hydrogen-bond acceptors (Lipinski definition) is 5. The van der Waals surface area contributed by atoms with E-state index in [-0.39, 0.29) is 12.5 Å². The van der Waals surface area contributed by atoms with E-state index in [1.165, 1.54) is 7.11 Å². The van der Waals surface area contributed by atoms with Crippen LogP contribution in [0.15, 0.2) is 18.2 Å². The van der Waals surface area contributed by atoms with E-state index in [4.69, 9.17) is 9.47 Å². The maximum atomic E-state index is 11.5. The fourth-order valence-electron chi connectivity index (χ4n) is 1.70. The highest BCUT2D eigenvalue weighted by Gasteiger charge is 2.07. The van der Waals surface area contributed by atoms with E-state index in [2.05, 4.69) is 15.4 Å². The van der Waals surface area contributed by atoms with Crippen molar-refractivity contribution in [3.05, 3.63) is 23.8 Å². The maximum Gasteiger partial charge on any atom is 0.407 e. The van der Waals surface area contributed by atoms with Gasteiger partial charge in [-0.15, -0.1) is 0 Å². The zero-order valence-electron chi connectivity index (χ0n) is 12.4. The molecular weight excluding hydrogens is 276 g/mol. The largest absolute Gasteiger partial charge is 0.497 e. The molecule has 1 rings (SSSR count). The number of carbonyl (C=O) groups excluding carboxylic acids is 2. The van der Waals surface area contributed by atoms with Crippen LogP contribution in [0.1, 0.15) is 5.56 Å². The van der Waals surface area contributed by atoms with Crippen LogP contribution in [0.25, 0.3) is 0 Å². The first-order valence-corrected chi connectivity index (χ1v) is 6.40. The first-order valence-electron chi connectivity index (χ1n) is 6.40. The Hall–Kier alpha value is -2.44. The van der Waals surface area contributed by atoms with Gasteiger partial charge in [0.25, 0.3) is 0 Å². The topological polar surface area (TPSA) is 85.9 Å². The summed E-state index contributed by atoms with van der Waals surface area (Å²) in [6.45, 7) is 0.299. The predicted octanol–water partition coefficient (Wildman–Crippen LogP) is 0.719. The smallest absolute Gasteiger partial charge is 0.407 e. The van der Waals surface area contributed by atoms with Gasteiger partial charge in [0.05, 0.1) is 27.9 Å². The maximum absolute atomic E-state index is 11.5. The van der Waals surface area contributed by atoms with Gasteiger partial charge in [-0.2, -0.15) is 0 Å². The van der Waals surface area contributed by atoms with Crippen molar-refractivity contribution in [1.82, 2.24) is 10.6 Å². The Morgan fingerprint density at radius 2 is 1.86 bits per heavy atom. The Bertz CT molecular complexity index is 490. The molecule has 0 heterocycles. The quantitative estimate of drug-likeness (QED) is 0.774. The van der Waals surface area contributed by atoms with Crippen LogP contribution < -0.4 is 20.1 Å². The minimum atomic E-state index is -0.639. The second-order valence-electron chi connectivity index (χ2n) is 4.12. The summed E-state index contributed by atoms with van der Waals surface area (Å²) in [5, 5.41) is 5.00. The lowest BCUT2D eigenvalue weighted by Crippen LogP contribution is -2.37. The second kappa shape index (κ2) is 8.68. The average molecular weight is 296 g/mol. The van der Waals surface area contributed by atoms with E-state index in [1.807, 2.05) is 12.1 Å². The summed E-state index contributed by atoms with van der Waals surface area (Å²) >= 11 is 0. The highest BCUT2D eigenvalue weighted by Crippen LogP contribution is 2.23. The van der Waals surface area contributed by atoms with Crippen molar-refractivity contribution in [3.63, 3.8) is 0 Å². The second-order valence-corrected chi connectivity index (χ2v) is 4.12.